The van der Waals surface area contributed by atoms with Crippen LogP contribution in [0.15, 0.2) is 161 Å². The van der Waals surface area contributed by atoms with Gasteiger partial charge in [0.2, 0.25) is 0 Å². The highest BCUT2D eigenvalue weighted by molar-refractivity contribution is 9.10. The van der Waals surface area contributed by atoms with Crippen molar-refractivity contribution in [3.8, 4) is 0 Å². The number of hydrogen-bond donors (Lipinski definition) is 0. The summed E-state index contributed by atoms with van der Waals surface area (Å²) in [7, 11) is 0. The predicted molar refractivity (Wildman–Crippen MR) is 161 cm³/mol. The molecule has 0 heterocycles. The largest absolute Gasteiger partial charge is 0.313 e. The van der Waals surface area contributed by atoms with Gasteiger partial charge < -0.3 is 4.90 Å². The van der Waals surface area contributed by atoms with Gasteiger partial charge >= 0.3 is 0 Å². The number of fused-ring (bicyclic) bond motifs is 3. The summed E-state index contributed by atoms with van der Waals surface area (Å²) in [6, 6.07) is 28.0. The number of hydrogen-bond acceptors (Lipinski definition) is 1. The van der Waals surface area contributed by atoms with E-state index in [9.17, 15) is 0 Å². The van der Waals surface area contributed by atoms with Gasteiger partial charge in [-0.3, -0.25) is 0 Å². The number of anilines is 2. The molecule has 0 spiro atoms. The lowest BCUT2D eigenvalue weighted by Crippen LogP contribution is -2.23. The van der Waals surface area contributed by atoms with Gasteiger partial charge in [0.15, 0.2) is 0 Å². The van der Waals surface area contributed by atoms with E-state index in [0.29, 0.717) is 5.92 Å². The highest BCUT2D eigenvalue weighted by Gasteiger charge is 2.39. The average molecular weight is 543 g/mol. The van der Waals surface area contributed by atoms with E-state index < -0.39 is 0 Å². The standard InChI is InChI=1S/C35H28BrN/c1-2-3-6-22-33(37(27-16-7-4-8-17-27)28-18-9-5-10-19-28)35-29-20-13-21-32(36)34(29)30-23-25-14-11-12-15-26(25)24-31(30)35/h2-23,26,35H,1,24H2/b6-3-,33-22-. The fourth-order valence-corrected chi connectivity index (χ4v) is 6.37. The zero-order valence-corrected chi connectivity index (χ0v) is 22.2. The zero-order chi connectivity index (χ0) is 25.2. The van der Waals surface area contributed by atoms with Gasteiger partial charge in [-0.15, -0.1) is 0 Å². The Hall–Kier alpha value is -3.88. The molecular formula is C35H28BrN. The second-order valence-corrected chi connectivity index (χ2v) is 10.3. The van der Waals surface area contributed by atoms with Crippen LogP contribution in [0.25, 0.3) is 5.57 Å². The molecule has 0 aliphatic heterocycles. The molecule has 0 fully saturated rings. The Bertz CT molecular complexity index is 1480. The van der Waals surface area contributed by atoms with E-state index in [1.54, 1.807) is 0 Å². The fourth-order valence-electron chi connectivity index (χ4n) is 5.78. The molecule has 0 radical (unpaired) electrons. The maximum absolute atomic E-state index is 3.91. The predicted octanol–water partition coefficient (Wildman–Crippen LogP) is 9.84. The summed E-state index contributed by atoms with van der Waals surface area (Å²) in [6.07, 6.45) is 20.6. The highest BCUT2D eigenvalue weighted by Crippen LogP contribution is 2.55. The van der Waals surface area contributed by atoms with Crippen molar-refractivity contribution in [1.29, 1.82) is 0 Å². The first-order valence-electron chi connectivity index (χ1n) is 12.7. The Morgan fingerprint density at radius 2 is 1.59 bits per heavy atom. The molecule has 0 saturated heterocycles. The molecule has 0 saturated carbocycles. The lowest BCUT2D eigenvalue weighted by molar-refractivity contribution is 0.708. The second-order valence-electron chi connectivity index (χ2n) is 9.49. The van der Waals surface area contributed by atoms with Gasteiger partial charge in [0.05, 0.1) is 0 Å². The van der Waals surface area contributed by atoms with Crippen LogP contribution in [0.3, 0.4) is 0 Å². The summed E-state index contributed by atoms with van der Waals surface area (Å²) in [5.74, 6) is 0.528. The lowest BCUT2D eigenvalue weighted by Gasteiger charge is -2.34. The SMILES string of the molecule is C=C/C=C\C=C(\C1C2=C(C=C3C=CC=CC3C2)c2c(Br)cccc21)N(c1ccccc1)c1ccccc1. The van der Waals surface area contributed by atoms with Crippen LogP contribution >= 0.6 is 15.9 Å². The Balaban J connectivity index is 1.61. The van der Waals surface area contributed by atoms with Crippen LogP contribution in [0.2, 0.25) is 0 Å². The van der Waals surface area contributed by atoms with Gasteiger partial charge in [0, 0.05) is 38.9 Å². The molecule has 37 heavy (non-hydrogen) atoms. The van der Waals surface area contributed by atoms with Crippen LogP contribution in [0.5, 0.6) is 0 Å². The summed E-state index contributed by atoms with van der Waals surface area (Å²) < 4.78 is 1.15. The fraction of sp³-hybridized carbons (Fsp3) is 0.0857. The van der Waals surface area contributed by atoms with Crippen molar-refractivity contribution in [2.75, 3.05) is 4.90 Å². The maximum Gasteiger partial charge on any atom is 0.0472 e. The molecule has 6 rings (SSSR count). The van der Waals surface area contributed by atoms with Crippen molar-refractivity contribution in [1.82, 2.24) is 0 Å². The van der Waals surface area contributed by atoms with Crippen LogP contribution < -0.4 is 4.90 Å². The van der Waals surface area contributed by atoms with Gasteiger partial charge in [-0.1, -0.05) is 120 Å². The van der Waals surface area contributed by atoms with Crippen LogP contribution in [-0.2, 0) is 0 Å². The van der Waals surface area contributed by atoms with Gasteiger partial charge in [-0.05, 0) is 65.1 Å². The summed E-state index contributed by atoms with van der Waals surface area (Å²) in [4.78, 5) is 2.41. The first-order chi connectivity index (χ1) is 18.3. The van der Waals surface area contributed by atoms with E-state index in [0.717, 1.165) is 22.3 Å². The summed E-state index contributed by atoms with van der Waals surface area (Å²) in [5, 5.41) is 0. The molecule has 2 atom stereocenters. The van der Waals surface area contributed by atoms with Crippen molar-refractivity contribution >= 4 is 32.9 Å². The second kappa shape index (κ2) is 10.2. The van der Waals surface area contributed by atoms with Gasteiger partial charge in [0.25, 0.3) is 0 Å². The number of benzene rings is 3. The van der Waals surface area contributed by atoms with Crippen LogP contribution in [0, 0.1) is 5.92 Å². The molecule has 180 valence electrons. The maximum atomic E-state index is 3.91. The normalized spacial score (nSPS) is 19.9. The van der Waals surface area contributed by atoms with E-state index in [2.05, 4.69) is 149 Å². The highest BCUT2D eigenvalue weighted by atomic mass is 79.9. The van der Waals surface area contributed by atoms with Crippen molar-refractivity contribution in [3.05, 3.63) is 173 Å². The molecule has 0 bridgehead atoms. The molecule has 3 aliphatic rings. The monoisotopic (exact) mass is 541 g/mol. The molecular weight excluding hydrogens is 514 g/mol. The molecule has 2 heteroatoms. The van der Waals surface area contributed by atoms with Gasteiger partial charge in [-0.25, -0.2) is 0 Å². The third kappa shape index (κ3) is 4.32. The van der Waals surface area contributed by atoms with Crippen LogP contribution in [0.4, 0.5) is 11.4 Å². The average Bonchev–Trinajstić information content (AvgIpc) is 3.26. The van der Waals surface area contributed by atoms with Crippen molar-refractivity contribution < 1.29 is 0 Å². The van der Waals surface area contributed by atoms with Gasteiger partial charge in [-0.2, -0.15) is 0 Å². The quantitative estimate of drug-likeness (QED) is 0.280. The first-order valence-corrected chi connectivity index (χ1v) is 13.5. The van der Waals surface area contributed by atoms with Gasteiger partial charge in [0.1, 0.15) is 0 Å². The molecule has 2 unspecified atom stereocenters. The smallest absolute Gasteiger partial charge is 0.0472 e. The number of allylic oxidation sites excluding steroid dienone is 12. The Labute approximate surface area is 228 Å². The molecule has 0 amide bonds. The van der Waals surface area contributed by atoms with E-state index in [1.807, 2.05) is 12.2 Å². The molecule has 0 aromatic heterocycles. The van der Waals surface area contributed by atoms with Crippen molar-refractivity contribution in [3.63, 3.8) is 0 Å². The summed E-state index contributed by atoms with van der Waals surface area (Å²) in [6.45, 7) is 3.91. The topological polar surface area (TPSA) is 3.24 Å². The van der Waals surface area contributed by atoms with E-state index >= 15 is 0 Å². The van der Waals surface area contributed by atoms with E-state index in [1.165, 1.54) is 33.5 Å². The Morgan fingerprint density at radius 3 is 2.30 bits per heavy atom. The molecule has 1 nitrogen and oxygen atoms in total. The lowest BCUT2D eigenvalue weighted by atomic mass is 9.78. The third-order valence-corrected chi connectivity index (χ3v) is 8.00. The number of nitrogens with zero attached hydrogens (tertiary/aromatic N) is 1. The van der Waals surface area contributed by atoms with Crippen molar-refractivity contribution in [2.45, 2.75) is 12.3 Å². The molecule has 3 aromatic carbocycles. The van der Waals surface area contributed by atoms with Crippen molar-refractivity contribution in [2.24, 2.45) is 5.92 Å². The van der Waals surface area contributed by atoms with Crippen LogP contribution in [0.1, 0.15) is 23.5 Å². The Kier molecular flexibility index (Phi) is 6.51. The Morgan fingerprint density at radius 1 is 0.865 bits per heavy atom. The number of para-hydroxylation sites is 2. The molecule has 0 N–H and O–H groups in total. The molecule has 3 aromatic rings. The minimum Gasteiger partial charge on any atom is -0.313 e. The number of rotatable bonds is 6. The van der Waals surface area contributed by atoms with Crippen LogP contribution in [-0.4, -0.2) is 0 Å². The summed E-state index contributed by atoms with van der Waals surface area (Å²) in [5.41, 5.74) is 10.4. The van der Waals surface area contributed by atoms with E-state index in [-0.39, 0.29) is 5.92 Å². The summed E-state index contributed by atoms with van der Waals surface area (Å²) >= 11 is 3.91. The number of halogens is 1. The first kappa shape index (κ1) is 23.5. The minimum atomic E-state index is 0.120. The zero-order valence-electron chi connectivity index (χ0n) is 20.6. The third-order valence-electron chi connectivity index (χ3n) is 7.34. The molecule has 3 aliphatic carbocycles. The van der Waals surface area contributed by atoms with E-state index in [4.69, 9.17) is 0 Å². The minimum absolute atomic E-state index is 0.120.